The van der Waals surface area contributed by atoms with E-state index in [4.69, 9.17) is 4.74 Å². The molecule has 0 aliphatic carbocycles. The maximum absolute atomic E-state index is 12.5. The highest BCUT2D eigenvalue weighted by Crippen LogP contribution is 2.25. The van der Waals surface area contributed by atoms with Crippen LogP contribution in [-0.2, 0) is 13.1 Å². The van der Waals surface area contributed by atoms with Gasteiger partial charge in [-0.05, 0) is 40.1 Å². The van der Waals surface area contributed by atoms with Crippen molar-refractivity contribution in [3.05, 3.63) is 69.4 Å². The number of hydrogen-bond donors (Lipinski definition) is 1. The van der Waals surface area contributed by atoms with Crippen LogP contribution in [0.25, 0.3) is 11.4 Å². The van der Waals surface area contributed by atoms with E-state index in [0.717, 1.165) is 71.5 Å². The van der Waals surface area contributed by atoms with Gasteiger partial charge in [0.1, 0.15) is 5.75 Å². The first-order chi connectivity index (χ1) is 16.3. The van der Waals surface area contributed by atoms with Crippen LogP contribution in [0.3, 0.4) is 0 Å². The molecule has 1 N–H and O–H groups in total. The van der Waals surface area contributed by atoms with E-state index in [-0.39, 0.29) is 5.43 Å². The van der Waals surface area contributed by atoms with Crippen molar-refractivity contribution in [2.45, 2.75) is 26.9 Å². The molecule has 0 amide bonds. The zero-order valence-corrected chi connectivity index (χ0v) is 20.8. The van der Waals surface area contributed by atoms with Crippen molar-refractivity contribution in [2.75, 3.05) is 52.3 Å². The number of aryl methyl sites for hydroxylation is 1. The van der Waals surface area contributed by atoms with E-state index in [2.05, 4.69) is 42.8 Å². The number of aromatic nitrogens is 3. The quantitative estimate of drug-likeness (QED) is 0.579. The first kappa shape index (κ1) is 23.9. The molecule has 1 aliphatic heterocycles. The van der Waals surface area contributed by atoms with E-state index in [9.17, 15) is 4.79 Å². The average molecular weight is 463 g/mol. The van der Waals surface area contributed by atoms with E-state index in [1.807, 2.05) is 39.4 Å². The van der Waals surface area contributed by atoms with E-state index >= 15 is 0 Å². The summed E-state index contributed by atoms with van der Waals surface area (Å²) in [5.41, 5.74) is 6.48. The van der Waals surface area contributed by atoms with Gasteiger partial charge in [0, 0.05) is 86.3 Å². The van der Waals surface area contributed by atoms with Gasteiger partial charge in [-0.2, -0.15) is 0 Å². The predicted molar refractivity (Wildman–Crippen MR) is 135 cm³/mol. The molecule has 4 rings (SSSR count). The van der Waals surface area contributed by atoms with E-state index in [1.165, 1.54) is 0 Å². The van der Waals surface area contributed by atoms with Crippen molar-refractivity contribution in [1.82, 2.24) is 24.8 Å². The fourth-order valence-corrected chi connectivity index (χ4v) is 4.48. The molecule has 3 aromatic heterocycles. The Labute approximate surface area is 201 Å². The molecule has 1 fully saturated rings. The Morgan fingerprint density at radius 1 is 1.09 bits per heavy atom. The molecule has 0 atom stereocenters. The normalized spacial score (nSPS) is 14.6. The van der Waals surface area contributed by atoms with Gasteiger partial charge in [-0.25, -0.2) is 0 Å². The number of ether oxygens (including phenoxy) is 1. The predicted octanol–water partition coefficient (Wildman–Crippen LogP) is 2.84. The highest BCUT2D eigenvalue weighted by molar-refractivity contribution is 5.61. The maximum Gasteiger partial charge on any atom is 0.182 e. The van der Waals surface area contributed by atoms with E-state index in [0.29, 0.717) is 13.1 Å². The number of likely N-dealkylation sites (N-methyl/N-ethyl adjacent to an activating group) is 1. The lowest BCUT2D eigenvalue weighted by Gasteiger charge is -2.34. The van der Waals surface area contributed by atoms with Crippen LogP contribution in [0.15, 0.2) is 41.5 Å². The molecule has 8 heteroatoms. The minimum atomic E-state index is -0.0322. The first-order valence-electron chi connectivity index (χ1n) is 11.6. The number of anilines is 1. The van der Waals surface area contributed by atoms with Crippen molar-refractivity contribution in [3.8, 4) is 17.1 Å². The van der Waals surface area contributed by atoms with Crippen molar-refractivity contribution < 1.29 is 4.74 Å². The zero-order valence-electron chi connectivity index (χ0n) is 20.8. The molecule has 0 saturated carbocycles. The van der Waals surface area contributed by atoms with Crippen LogP contribution in [0.5, 0.6) is 5.75 Å². The summed E-state index contributed by atoms with van der Waals surface area (Å²) < 4.78 is 5.54. The van der Waals surface area contributed by atoms with Crippen LogP contribution < -0.4 is 15.1 Å². The Morgan fingerprint density at radius 2 is 1.85 bits per heavy atom. The zero-order chi connectivity index (χ0) is 24.2. The van der Waals surface area contributed by atoms with Crippen molar-refractivity contribution in [3.63, 3.8) is 0 Å². The monoisotopic (exact) mass is 462 g/mol. The van der Waals surface area contributed by atoms with Gasteiger partial charge in [-0.3, -0.25) is 19.7 Å². The lowest BCUT2D eigenvalue weighted by Crippen LogP contribution is -2.44. The highest BCUT2D eigenvalue weighted by Gasteiger charge is 2.16. The smallest absolute Gasteiger partial charge is 0.182 e. The molecule has 1 saturated heterocycles. The molecule has 180 valence electrons. The fourth-order valence-electron chi connectivity index (χ4n) is 4.48. The van der Waals surface area contributed by atoms with Crippen LogP contribution in [0.4, 0.5) is 5.69 Å². The molecule has 1 aliphatic rings. The Morgan fingerprint density at radius 3 is 2.59 bits per heavy atom. The number of nitrogens with one attached hydrogen (secondary N) is 1. The number of rotatable bonds is 7. The molecule has 0 unspecified atom stereocenters. The second-order valence-electron chi connectivity index (χ2n) is 9.16. The number of hydrogen-bond acceptors (Lipinski definition) is 7. The van der Waals surface area contributed by atoms with Crippen molar-refractivity contribution in [1.29, 1.82) is 0 Å². The number of nitrogens with zero attached hydrogens (tertiary/aromatic N) is 5. The fraction of sp³-hybridized carbons (Fsp3) is 0.423. The van der Waals surface area contributed by atoms with E-state index < -0.39 is 0 Å². The van der Waals surface area contributed by atoms with Gasteiger partial charge in [0.15, 0.2) is 5.43 Å². The summed E-state index contributed by atoms with van der Waals surface area (Å²) in [4.78, 5) is 31.9. The number of H-pyrrole nitrogens is 1. The molecule has 0 spiro atoms. The van der Waals surface area contributed by atoms with Crippen molar-refractivity contribution >= 4 is 5.69 Å². The SMILES string of the molecule is COc1c(C)cnc(CN(C)Cc2cc(=O)cc(-c3cc(N4CCN(C)CC4)ccn3)[nH]2)c1C. The number of aromatic amines is 1. The summed E-state index contributed by atoms with van der Waals surface area (Å²) in [5, 5.41) is 0. The third-order valence-corrected chi connectivity index (χ3v) is 6.40. The van der Waals surface area contributed by atoms with Gasteiger partial charge in [0.2, 0.25) is 0 Å². The van der Waals surface area contributed by atoms with Crippen LogP contribution in [-0.4, -0.2) is 72.1 Å². The standard InChI is InChI=1S/C26H34N6O2/c1-18-15-28-25(19(2)26(18)34-5)17-31(4)16-20-12-22(33)14-24(29-20)23-13-21(6-7-27-23)32-10-8-30(3)9-11-32/h6-7,12-15H,8-11,16-17H2,1-5H3,(H,29,33). The van der Waals surface area contributed by atoms with Gasteiger partial charge >= 0.3 is 0 Å². The minimum Gasteiger partial charge on any atom is -0.496 e. The van der Waals surface area contributed by atoms with Gasteiger partial charge in [0.25, 0.3) is 0 Å². The third-order valence-electron chi connectivity index (χ3n) is 6.40. The topological polar surface area (TPSA) is 77.6 Å². The van der Waals surface area contributed by atoms with Gasteiger partial charge < -0.3 is 19.5 Å². The largest absolute Gasteiger partial charge is 0.496 e. The molecule has 3 aromatic rings. The lowest BCUT2D eigenvalue weighted by atomic mass is 10.1. The second-order valence-corrected chi connectivity index (χ2v) is 9.16. The third kappa shape index (κ3) is 5.46. The summed E-state index contributed by atoms with van der Waals surface area (Å²) in [6, 6.07) is 7.38. The summed E-state index contributed by atoms with van der Waals surface area (Å²) >= 11 is 0. The lowest BCUT2D eigenvalue weighted by molar-refractivity contribution is 0.309. The maximum atomic E-state index is 12.5. The van der Waals surface area contributed by atoms with Crippen LogP contribution in [0.1, 0.15) is 22.5 Å². The number of piperazine rings is 1. The molecule has 34 heavy (non-hydrogen) atoms. The minimum absolute atomic E-state index is 0.0322. The molecule has 0 bridgehead atoms. The number of methoxy groups -OCH3 is 1. The first-order valence-corrected chi connectivity index (χ1v) is 11.6. The van der Waals surface area contributed by atoms with E-state index in [1.54, 1.807) is 19.2 Å². The second kappa shape index (κ2) is 10.4. The summed E-state index contributed by atoms with van der Waals surface area (Å²) in [5.74, 6) is 0.875. The highest BCUT2D eigenvalue weighted by atomic mass is 16.5. The summed E-state index contributed by atoms with van der Waals surface area (Å²) in [7, 11) is 5.85. The van der Waals surface area contributed by atoms with Crippen LogP contribution >= 0.6 is 0 Å². The number of pyridine rings is 3. The summed E-state index contributed by atoms with van der Waals surface area (Å²) in [6.07, 6.45) is 3.66. The molecule has 0 radical (unpaired) electrons. The molecule has 4 heterocycles. The Hall–Kier alpha value is -3.23. The van der Waals surface area contributed by atoms with Crippen LogP contribution in [0.2, 0.25) is 0 Å². The molecule has 0 aromatic carbocycles. The Balaban J connectivity index is 1.52. The van der Waals surface area contributed by atoms with Crippen LogP contribution in [0, 0.1) is 13.8 Å². The molecule has 8 nitrogen and oxygen atoms in total. The molecular formula is C26H34N6O2. The average Bonchev–Trinajstić information content (AvgIpc) is 2.81. The molecular weight excluding hydrogens is 428 g/mol. The van der Waals surface area contributed by atoms with Gasteiger partial charge in [0.05, 0.1) is 24.2 Å². The van der Waals surface area contributed by atoms with Gasteiger partial charge in [-0.1, -0.05) is 0 Å². The Bertz CT molecular complexity index is 1200. The summed E-state index contributed by atoms with van der Waals surface area (Å²) in [6.45, 7) is 9.30. The van der Waals surface area contributed by atoms with Crippen molar-refractivity contribution in [2.24, 2.45) is 0 Å². The Kier molecular flexibility index (Phi) is 7.29. The van der Waals surface area contributed by atoms with Gasteiger partial charge in [-0.15, -0.1) is 0 Å².